The summed E-state index contributed by atoms with van der Waals surface area (Å²) >= 11 is 6.09. The maximum Gasteiger partial charge on any atom is 0.185 e. The third-order valence-electron chi connectivity index (χ3n) is 6.83. The van der Waals surface area contributed by atoms with E-state index in [4.69, 9.17) is 30.5 Å². The lowest BCUT2D eigenvalue weighted by molar-refractivity contribution is 0.104. The van der Waals surface area contributed by atoms with Gasteiger partial charge in [-0.2, -0.15) is 0 Å². The van der Waals surface area contributed by atoms with Crippen LogP contribution in [-0.2, 0) is 13.2 Å². The highest BCUT2D eigenvalue weighted by Gasteiger charge is 2.12. The molecule has 0 atom stereocenters. The number of benzene rings is 3. The predicted octanol–water partition coefficient (Wildman–Crippen LogP) is 6.48. The molecule has 11 heteroatoms. The van der Waals surface area contributed by atoms with E-state index >= 15 is 0 Å². The number of allylic oxidation sites excluding steroid dienone is 1. The summed E-state index contributed by atoms with van der Waals surface area (Å²) in [5.41, 5.74) is 3.81. The highest BCUT2D eigenvalue weighted by molar-refractivity contribution is 6.31. The number of rotatable bonds is 14. The summed E-state index contributed by atoms with van der Waals surface area (Å²) in [5, 5.41) is 13.6. The number of methoxy groups -OCH3 is 3. The van der Waals surface area contributed by atoms with Gasteiger partial charge in [-0.15, -0.1) is 5.10 Å². The molecule has 0 fully saturated rings. The first-order valence-electron chi connectivity index (χ1n) is 13.9. The molecule has 44 heavy (non-hydrogen) atoms. The Hall–Kier alpha value is -5.09. The van der Waals surface area contributed by atoms with Gasteiger partial charge in [0.05, 0.1) is 33.0 Å². The standard InChI is InChI=1S/C33H32ClN5O5/c1-41-30-11-6-22(17-32(30)42-2)5-10-29(40)23-7-12-31(33(18-23)43-3)44-21-25-20-39(38-37-25)16-4-14-35-27-13-15-36-28-19-24(34)8-9-26(27)28/h5-13,15,17-20H,4,14,16,21H2,1-3H3,(H,35,36)/b10-5+. The topological polar surface area (TPSA) is 110 Å². The lowest BCUT2D eigenvalue weighted by atomic mass is 10.1. The van der Waals surface area contributed by atoms with Crippen molar-refractivity contribution in [3.8, 4) is 23.0 Å². The molecule has 0 spiro atoms. The summed E-state index contributed by atoms with van der Waals surface area (Å²) in [6.45, 7) is 1.64. The van der Waals surface area contributed by atoms with Crippen LogP contribution in [0.25, 0.3) is 17.0 Å². The molecule has 226 valence electrons. The maximum atomic E-state index is 12.8. The summed E-state index contributed by atoms with van der Waals surface area (Å²) in [4.78, 5) is 17.2. The normalized spacial score (nSPS) is 11.1. The first kappa shape index (κ1) is 30.4. The second-order valence-corrected chi connectivity index (χ2v) is 10.2. The van der Waals surface area contributed by atoms with Crippen molar-refractivity contribution in [2.75, 3.05) is 33.2 Å². The molecule has 0 amide bonds. The fraction of sp³-hybridized carbons (Fsp3) is 0.212. The summed E-state index contributed by atoms with van der Waals surface area (Å²) in [6.07, 6.45) is 7.68. The van der Waals surface area contributed by atoms with Gasteiger partial charge in [0.25, 0.3) is 0 Å². The number of carbonyl (C=O) groups is 1. The molecule has 3 aromatic carbocycles. The number of pyridine rings is 1. The van der Waals surface area contributed by atoms with E-state index in [1.165, 1.54) is 13.2 Å². The average molecular weight is 614 g/mol. The van der Waals surface area contributed by atoms with Crippen LogP contribution in [0.2, 0.25) is 5.02 Å². The molecule has 5 rings (SSSR count). The third-order valence-corrected chi connectivity index (χ3v) is 7.06. The van der Waals surface area contributed by atoms with Gasteiger partial charge in [-0.3, -0.25) is 14.5 Å². The number of halogens is 1. The Morgan fingerprint density at radius 2 is 1.73 bits per heavy atom. The second kappa shape index (κ2) is 14.4. The predicted molar refractivity (Wildman–Crippen MR) is 170 cm³/mol. The van der Waals surface area contributed by atoms with Gasteiger partial charge in [-0.05, 0) is 72.7 Å². The first-order valence-corrected chi connectivity index (χ1v) is 14.3. The molecule has 0 saturated heterocycles. The fourth-order valence-corrected chi connectivity index (χ4v) is 4.74. The molecule has 0 unspecified atom stereocenters. The Bertz CT molecular complexity index is 1790. The van der Waals surface area contributed by atoms with E-state index in [1.807, 2.05) is 36.5 Å². The van der Waals surface area contributed by atoms with E-state index in [0.29, 0.717) is 45.8 Å². The zero-order valence-corrected chi connectivity index (χ0v) is 25.4. The molecule has 5 aromatic rings. The van der Waals surface area contributed by atoms with Crippen molar-refractivity contribution in [1.29, 1.82) is 0 Å². The van der Waals surface area contributed by atoms with Gasteiger partial charge in [0, 0.05) is 40.9 Å². The quantitative estimate of drug-likeness (QED) is 0.0854. The van der Waals surface area contributed by atoms with Crippen molar-refractivity contribution in [3.63, 3.8) is 0 Å². The zero-order chi connectivity index (χ0) is 30.9. The molecular formula is C33H32ClN5O5. The molecule has 0 bridgehead atoms. The van der Waals surface area contributed by atoms with Crippen LogP contribution in [0.3, 0.4) is 0 Å². The molecule has 0 saturated carbocycles. The summed E-state index contributed by atoms with van der Waals surface area (Å²) in [7, 11) is 4.67. The number of hydrogen-bond acceptors (Lipinski definition) is 9. The van der Waals surface area contributed by atoms with Gasteiger partial charge in [-0.1, -0.05) is 29.0 Å². The van der Waals surface area contributed by atoms with Crippen LogP contribution in [0.4, 0.5) is 5.69 Å². The average Bonchev–Trinajstić information content (AvgIpc) is 3.51. The summed E-state index contributed by atoms with van der Waals surface area (Å²) in [6, 6.07) is 18.1. The van der Waals surface area contributed by atoms with E-state index < -0.39 is 0 Å². The van der Waals surface area contributed by atoms with Crippen molar-refractivity contribution in [2.45, 2.75) is 19.6 Å². The van der Waals surface area contributed by atoms with Gasteiger partial charge < -0.3 is 24.3 Å². The molecule has 2 heterocycles. The SMILES string of the molecule is COc1ccc(/C=C/C(=O)c2ccc(OCc3cn(CCCNc4ccnc5cc(Cl)ccc45)nn3)c(OC)c2)cc1OC. The van der Waals surface area contributed by atoms with Gasteiger partial charge in [0.1, 0.15) is 12.3 Å². The molecule has 0 aliphatic heterocycles. The van der Waals surface area contributed by atoms with Crippen molar-refractivity contribution in [1.82, 2.24) is 20.0 Å². The molecule has 2 aromatic heterocycles. The number of aromatic nitrogens is 4. The zero-order valence-electron chi connectivity index (χ0n) is 24.6. The van der Waals surface area contributed by atoms with Crippen LogP contribution in [-0.4, -0.2) is 53.6 Å². The maximum absolute atomic E-state index is 12.8. The van der Waals surface area contributed by atoms with Gasteiger partial charge in [0.15, 0.2) is 28.8 Å². The number of ether oxygens (including phenoxy) is 4. The minimum atomic E-state index is -0.177. The van der Waals surface area contributed by atoms with E-state index in [1.54, 1.807) is 61.5 Å². The minimum Gasteiger partial charge on any atom is -0.493 e. The lowest BCUT2D eigenvalue weighted by Crippen LogP contribution is -2.07. The summed E-state index contributed by atoms with van der Waals surface area (Å²) < 4.78 is 23.8. The Labute approximate surface area is 260 Å². The minimum absolute atomic E-state index is 0.177. The first-order chi connectivity index (χ1) is 21.5. The highest BCUT2D eigenvalue weighted by atomic mass is 35.5. The number of aryl methyl sites for hydroxylation is 1. The largest absolute Gasteiger partial charge is 0.493 e. The Morgan fingerprint density at radius 3 is 2.55 bits per heavy atom. The fourth-order valence-electron chi connectivity index (χ4n) is 4.57. The smallest absolute Gasteiger partial charge is 0.185 e. The van der Waals surface area contributed by atoms with Crippen molar-refractivity contribution < 1.29 is 23.7 Å². The van der Waals surface area contributed by atoms with Crippen LogP contribution in [0.5, 0.6) is 23.0 Å². The number of anilines is 1. The van der Waals surface area contributed by atoms with Crippen LogP contribution in [0.15, 0.2) is 79.1 Å². The van der Waals surface area contributed by atoms with Crippen LogP contribution >= 0.6 is 11.6 Å². The lowest BCUT2D eigenvalue weighted by Gasteiger charge is -2.10. The van der Waals surface area contributed by atoms with Crippen molar-refractivity contribution in [2.24, 2.45) is 0 Å². The number of nitrogens with zero attached hydrogens (tertiary/aromatic N) is 4. The molecule has 1 N–H and O–H groups in total. The van der Waals surface area contributed by atoms with Crippen LogP contribution in [0.1, 0.15) is 28.0 Å². The van der Waals surface area contributed by atoms with Gasteiger partial charge >= 0.3 is 0 Å². The Balaban J connectivity index is 1.12. The summed E-state index contributed by atoms with van der Waals surface area (Å²) in [5.74, 6) is 1.97. The van der Waals surface area contributed by atoms with Crippen molar-refractivity contribution >= 4 is 40.1 Å². The van der Waals surface area contributed by atoms with Crippen LogP contribution < -0.4 is 24.3 Å². The Kier molecular flexibility index (Phi) is 9.93. The highest BCUT2D eigenvalue weighted by Crippen LogP contribution is 2.30. The third kappa shape index (κ3) is 7.45. The number of hydrogen-bond donors (Lipinski definition) is 1. The molecule has 0 aliphatic carbocycles. The number of carbonyl (C=O) groups excluding carboxylic acids is 1. The monoisotopic (exact) mass is 613 g/mol. The van der Waals surface area contributed by atoms with E-state index in [-0.39, 0.29) is 12.4 Å². The van der Waals surface area contributed by atoms with E-state index in [0.717, 1.165) is 35.1 Å². The molecule has 0 aliphatic rings. The number of ketones is 1. The molecule has 10 nitrogen and oxygen atoms in total. The number of fused-ring (bicyclic) bond motifs is 1. The second-order valence-electron chi connectivity index (χ2n) is 9.74. The van der Waals surface area contributed by atoms with Crippen molar-refractivity contribution in [3.05, 3.63) is 101 Å². The van der Waals surface area contributed by atoms with Gasteiger partial charge in [-0.25, -0.2) is 0 Å². The molecular weight excluding hydrogens is 582 g/mol. The van der Waals surface area contributed by atoms with E-state index in [9.17, 15) is 4.79 Å². The van der Waals surface area contributed by atoms with E-state index in [2.05, 4.69) is 20.6 Å². The van der Waals surface area contributed by atoms with Gasteiger partial charge in [0.2, 0.25) is 0 Å². The van der Waals surface area contributed by atoms with Crippen LogP contribution in [0, 0.1) is 0 Å². The molecule has 0 radical (unpaired) electrons. The Morgan fingerprint density at radius 1 is 0.932 bits per heavy atom. The number of nitrogens with one attached hydrogen (secondary N) is 1.